The largest absolute Gasteiger partial charge is 0.484 e. The standard InChI is InChI=1S/C16H16N2O6S/c1-17(12-5-3-2-4-6-12)25(21,22)14-7-8-16(15(9-14)18(19)20)24-11-13-10-23-13/h2-9,13H,10-11H2,1H3. The van der Waals surface area contributed by atoms with Crippen LogP contribution in [0.25, 0.3) is 0 Å². The molecule has 0 spiro atoms. The number of nitrogens with zero attached hydrogens (tertiary/aromatic N) is 2. The molecule has 2 aromatic rings. The molecule has 1 heterocycles. The Morgan fingerprint density at radius 1 is 1.28 bits per heavy atom. The van der Waals surface area contributed by atoms with E-state index in [0.29, 0.717) is 12.3 Å². The lowest BCUT2D eigenvalue weighted by Crippen LogP contribution is -2.26. The van der Waals surface area contributed by atoms with E-state index in [0.717, 1.165) is 10.4 Å². The van der Waals surface area contributed by atoms with Crippen molar-refractivity contribution in [3.8, 4) is 5.75 Å². The molecule has 3 rings (SSSR count). The Hall–Kier alpha value is -2.65. The van der Waals surface area contributed by atoms with Crippen LogP contribution < -0.4 is 9.04 Å². The summed E-state index contributed by atoms with van der Waals surface area (Å²) in [5.41, 5.74) is 0.0551. The van der Waals surface area contributed by atoms with Crippen molar-refractivity contribution in [2.45, 2.75) is 11.0 Å². The normalized spacial score (nSPS) is 16.3. The molecule has 1 aliphatic rings. The molecule has 1 aliphatic heterocycles. The van der Waals surface area contributed by atoms with Crippen molar-refractivity contribution in [3.63, 3.8) is 0 Å². The number of nitro benzene ring substituents is 1. The Labute approximate surface area is 144 Å². The number of rotatable bonds is 7. The summed E-state index contributed by atoms with van der Waals surface area (Å²) >= 11 is 0. The van der Waals surface area contributed by atoms with Crippen LogP contribution >= 0.6 is 0 Å². The van der Waals surface area contributed by atoms with Crippen LogP contribution in [-0.4, -0.2) is 39.7 Å². The molecule has 25 heavy (non-hydrogen) atoms. The van der Waals surface area contributed by atoms with Crippen LogP contribution in [0.1, 0.15) is 0 Å². The number of benzene rings is 2. The molecule has 1 fully saturated rings. The van der Waals surface area contributed by atoms with Gasteiger partial charge in [-0.3, -0.25) is 14.4 Å². The summed E-state index contributed by atoms with van der Waals surface area (Å²) in [5, 5.41) is 11.3. The van der Waals surface area contributed by atoms with E-state index in [1.54, 1.807) is 30.3 Å². The van der Waals surface area contributed by atoms with Gasteiger partial charge in [0.15, 0.2) is 5.75 Å². The Kier molecular flexibility index (Phi) is 4.60. The van der Waals surface area contributed by atoms with Crippen LogP contribution in [0.4, 0.5) is 11.4 Å². The van der Waals surface area contributed by atoms with E-state index in [-0.39, 0.29) is 23.4 Å². The van der Waals surface area contributed by atoms with E-state index < -0.39 is 20.6 Å². The monoisotopic (exact) mass is 364 g/mol. The maximum Gasteiger partial charge on any atom is 0.312 e. The fourth-order valence-corrected chi connectivity index (χ4v) is 3.42. The molecule has 1 atom stereocenters. The second-order valence-electron chi connectivity index (χ2n) is 5.46. The Bertz CT molecular complexity index is 881. The molecule has 8 nitrogen and oxygen atoms in total. The van der Waals surface area contributed by atoms with Gasteiger partial charge in [0.1, 0.15) is 12.7 Å². The number of anilines is 1. The molecular weight excluding hydrogens is 348 g/mol. The van der Waals surface area contributed by atoms with E-state index in [1.165, 1.54) is 19.2 Å². The highest BCUT2D eigenvalue weighted by Crippen LogP contribution is 2.32. The molecule has 0 amide bonds. The first-order chi connectivity index (χ1) is 11.9. The minimum Gasteiger partial charge on any atom is -0.484 e. The van der Waals surface area contributed by atoms with E-state index in [2.05, 4.69) is 0 Å². The van der Waals surface area contributed by atoms with Gasteiger partial charge in [-0.2, -0.15) is 0 Å². The minimum atomic E-state index is -3.94. The van der Waals surface area contributed by atoms with Gasteiger partial charge in [-0.1, -0.05) is 18.2 Å². The molecular formula is C16H16N2O6S. The fraction of sp³-hybridized carbons (Fsp3) is 0.250. The van der Waals surface area contributed by atoms with Crippen molar-refractivity contribution < 1.29 is 22.8 Å². The SMILES string of the molecule is CN(c1ccccc1)S(=O)(=O)c1ccc(OCC2CO2)c([N+](=O)[O-])c1. The van der Waals surface area contributed by atoms with E-state index >= 15 is 0 Å². The Balaban J connectivity index is 1.92. The van der Waals surface area contributed by atoms with E-state index in [9.17, 15) is 18.5 Å². The molecule has 0 bridgehead atoms. The first-order valence-electron chi connectivity index (χ1n) is 7.46. The van der Waals surface area contributed by atoms with Crippen molar-refractivity contribution in [2.24, 2.45) is 0 Å². The summed E-state index contributed by atoms with van der Waals surface area (Å²) in [6.07, 6.45) is -0.0628. The van der Waals surface area contributed by atoms with Gasteiger partial charge in [0.25, 0.3) is 10.0 Å². The fourth-order valence-electron chi connectivity index (χ4n) is 2.20. The molecule has 0 saturated carbocycles. The Morgan fingerprint density at radius 3 is 2.56 bits per heavy atom. The zero-order valence-electron chi connectivity index (χ0n) is 13.4. The lowest BCUT2D eigenvalue weighted by molar-refractivity contribution is -0.386. The summed E-state index contributed by atoms with van der Waals surface area (Å²) in [6, 6.07) is 12.1. The van der Waals surface area contributed by atoms with Gasteiger partial charge < -0.3 is 9.47 Å². The van der Waals surface area contributed by atoms with Crippen molar-refractivity contribution >= 4 is 21.4 Å². The number of hydrogen-bond donors (Lipinski definition) is 0. The quantitative estimate of drug-likeness (QED) is 0.424. The van der Waals surface area contributed by atoms with Crippen molar-refractivity contribution in [1.29, 1.82) is 0 Å². The molecule has 0 aliphatic carbocycles. The third kappa shape index (κ3) is 3.72. The molecule has 1 unspecified atom stereocenters. The number of sulfonamides is 1. The zero-order chi connectivity index (χ0) is 18.0. The molecule has 9 heteroatoms. The summed E-state index contributed by atoms with van der Waals surface area (Å²) in [6.45, 7) is 0.749. The molecule has 0 aromatic heterocycles. The number of hydrogen-bond acceptors (Lipinski definition) is 6. The maximum absolute atomic E-state index is 12.7. The third-order valence-corrected chi connectivity index (χ3v) is 5.51. The predicted molar refractivity (Wildman–Crippen MR) is 90.4 cm³/mol. The highest BCUT2D eigenvalue weighted by Gasteiger charge is 2.28. The summed E-state index contributed by atoms with van der Waals surface area (Å²) in [5.74, 6) is 0.0156. The van der Waals surface area contributed by atoms with Gasteiger partial charge in [0.05, 0.1) is 22.1 Å². The molecule has 0 radical (unpaired) electrons. The number of epoxide rings is 1. The van der Waals surface area contributed by atoms with Crippen LogP contribution in [-0.2, 0) is 14.8 Å². The van der Waals surface area contributed by atoms with Gasteiger partial charge >= 0.3 is 5.69 Å². The van der Waals surface area contributed by atoms with Crippen molar-refractivity contribution in [1.82, 2.24) is 0 Å². The lowest BCUT2D eigenvalue weighted by atomic mass is 10.3. The van der Waals surface area contributed by atoms with Crippen molar-refractivity contribution in [3.05, 3.63) is 58.6 Å². The van der Waals surface area contributed by atoms with Gasteiger partial charge in [0.2, 0.25) is 0 Å². The van der Waals surface area contributed by atoms with Crippen LogP contribution in [0.3, 0.4) is 0 Å². The lowest BCUT2D eigenvalue weighted by Gasteiger charge is -2.19. The highest BCUT2D eigenvalue weighted by molar-refractivity contribution is 7.92. The molecule has 132 valence electrons. The number of ether oxygens (including phenoxy) is 2. The second kappa shape index (κ2) is 6.69. The highest BCUT2D eigenvalue weighted by atomic mass is 32.2. The summed E-state index contributed by atoms with van der Waals surface area (Å²) in [7, 11) is -2.54. The number of para-hydroxylation sites is 1. The van der Waals surface area contributed by atoms with E-state index in [1.807, 2.05) is 0 Å². The summed E-state index contributed by atoms with van der Waals surface area (Å²) in [4.78, 5) is 10.4. The molecule has 2 aromatic carbocycles. The van der Waals surface area contributed by atoms with Crippen LogP contribution in [0.2, 0.25) is 0 Å². The van der Waals surface area contributed by atoms with Crippen molar-refractivity contribution in [2.75, 3.05) is 24.6 Å². The van der Waals surface area contributed by atoms with Crippen LogP contribution in [0.5, 0.6) is 5.75 Å². The smallest absolute Gasteiger partial charge is 0.312 e. The molecule has 1 saturated heterocycles. The van der Waals surface area contributed by atoms with Gasteiger partial charge in [0, 0.05) is 13.1 Å². The first kappa shape index (κ1) is 17.2. The Morgan fingerprint density at radius 2 is 1.96 bits per heavy atom. The predicted octanol–water partition coefficient (Wildman–Crippen LogP) is 2.20. The zero-order valence-corrected chi connectivity index (χ0v) is 14.2. The minimum absolute atomic E-state index is 0.0156. The topological polar surface area (TPSA) is 102 Å². The van der Waals surface area contributed by atoms with Crippen LogP contribution in [0, 0.1) is 10.1 Å². The average molecular weight is 364 g/mol. The molecule has 0 N–H and O–H groups in total. The third-order valence-electron chi connectivity index (χ3n) is 3.73. The first-order valence-corrected chi connectivity index (χ1v) is 8.90. The van der Waals surface area contributed by atoms with Crippen LogP contribution in [0.15, 0.2) is 53.4 Å². The second-order valence-corrected chi connectivity index (χ2v) is 7.43. The maximum atomic E-state index is 12.7. The van der Waals surface area contributed by atoms with Gasteiger partial charge in [-0.15, -0.1) is 0 Å². The van der Waals surface area contributed by atoms with Gasteiger partial charge in [-0.25, -0.2) is 8.42 Å². The summed E-state index contributed by atoms with van der Waals surface area (Å²) < 4.78 is 36.9. The van der Waals surface area contributed by atoms with E-state index in [4.69, 9.17) is 9.47 Å². The average Bonchev–Trinajstić information content (AvgIpc) is 3.44. The van der Waals surface area contributed by atoms with Gasteiger partial charge in [-0.05, 0) is 24.3 Å². The number of nitro groups is 1.